The van der Waals surface area contributed by atoms with Crippen LogP contribution in [-0.4, -0.2) is 12.9 Å². The lowest BCUT2D eigenvalue weighted by Crippen LogP contribution is -1.85. The summed E-state index contributed by atoms with van der Waals surface area (Å²) < 4.78 is 6.23. The van der Waals surface area contributed by atoms with Crippen molar-refractivity contribution in [2.45, 2.75) is 11.8 Å². The van der Waals surface area contributed by atoms with Crippen LogP contribution in [-0.2, 0) is 0 Å². The molecule has 0 heterocycles. The van der Waals surface area contributed by atoms with Gasteiger partial charge in [0.25, 0.3) is 0 Å². The minimum absolute atomic E-state index is 0.897. The Morgan fingerprint density at radius 3 is 2.83 bits per heavy atom. The van der Waals surface area contributed by atoms with Crippen LogP contribution < -0.4 is 4.74 Å². The summed E-state index contributed by atoms with van der Waals surface area (Å²) in [7, 11) is 1.68. The third kappa shape index (κ3) is 2.17. The quantitative estimate of drug-likeness (QED) is 0.755. The molecule has 0 atom stereocenters. The molecular weight excluding hydrogens is 236 g/mol. The number of rotatable bonds is 3. The van der Waals surface area contributed by atoms with Gasteiger partial charge in [-0.2, -0.15) is 0 Å². The second-order valence-electron chi connectivity index (χ2n) is 2.21. The predicted molar refractivity (Wildman–Crippen MR) is 57.1 cm³/mol. The van der Waals surface area contributed by atoms with Gasteiger partial charge in [-0.15, -0.1) is 11.8 Å². The second kappa shape index (κ2) is 4.77. The molecule has 1 aromatic carbocycles. The smallest absolute Gasteiger partial charge is 0.134 e. The van der Waals surface area contributed by atoms with Crippen LogP contribution in [0.2, 0.25) is 0 Å². The summed E-state index contributed by atoms with van der Waals surface area (Å²) in [6.07, 6.45) is 0. The fourth-order valence-corrected chi connectivity index (χ4v) is 2.40. The molecule has 66 valence electrons. The van der Waals surface area contributed by atoms with Gasteiger partial charge in [0.2, 0.25) is 0 Å². The van der Waals surface area contributed by atoms with E-state index < -0.39 is 0 Å². The predicted octanol–water partition coefficient (Wildman–Crippen LogP) is 3.57. The molecule has 1 rings (SSSR count). The molecule has 0 amide bonds. The molecule has 0 N–H and O–H groups in total. The van der Waals surface area contributed by atoms with Crippen LogP contribution in [0, 0.1) is 0 Å². The maximum atomic E-state index is 5.17. The zero-order valence-corrected chi connectivity index (χ0v) is 9.54. The van der Waals surface area contributed by atoms with Crippen molar-refractivity contribution in [2.75, 3.05) is 12.9 Å². The van der Waals surface area contributed by atoms with Gasteiger partial charge in [0.15, 0.2) is 0 Å². The Bertz CT molecular complexity index is 263. The van der Waals surface area contributed by atoms with E-state index in [4.69, 9.17) is 4.74 Å². The molecule has 0 spiro atoms. The Balaban J connectivity index is 2.97. The Morgan fingerprint density at radius 1 is 1.50 bits per heavy atom. The summed E-state index contributed by atoms with van der Waals surface area (Å²) >= 11 is 5.30. The van der Waals surface area contributed by atoms with Crippen LogP contribution in [0.3, 0.4) is 0 Å². The largest absolute Gasteiger partial charge is 0.496 e. The number of hydrogen-bond donors (Lipinski definition) is 0. The van der Waals surface area contributed by atoms with Crippen molar-refractivity contribution in [2.24, 2.45) is 0 Å². The van der Waals surface area contributed by atoms with E-state index in [0.29, 0.717) is 0 Å². The first kappa shape index (κ1) is 9.93. The SMILES string of the molecule is CCSc1cccc(OC)c1Br. The van der Waals surface area contributed by atoms with E-state index in [1.165, 1.54) is 4.90 Å². The third-order valence-corrected chi connectivity index (χ3v) is 3.47. The van der Waals surface area contributed by atoms with Gasteiger partial charge in [-0.05, 0) is 33.8 Å². The minimum atomic E-state index is 0.897. The molecule has 0 aliphatic heterocycles. The number of ether oxygens (including phenoxy) is 1. The lowest BCUT2D eigenvalue weighted by atomic mass is 10.3. The van der Waals surface area contributed by atoms with E-state index in [9.17, 15) is 0 Å². The molecule has 3 heteroatoms. The number of hydrogen-bond acceptors (Lipinski definition) is 2. The van der Waals surface area contributed by atoms with E-state index in [1.54, 1.807) is 18.9 Å². The molecule has 12 heavy (non-hydrogen) atoms. The molecule has 1 aromatic rings. The van der Waals surface area contributed by atoms with Gasteiger partial charge in [-0.3, -0.25) is 0 Å². The van der Waals surface area contributed by atoms with E-state index in [0.717, 1.165) is 16.0 Å². The molecule has 0 bridgehead atoms. The summed E-state index contributed by atoms with van der Waals surface area (Å²) in [6.45, 7) is 2.14. The topological polar surface area (TPSA) is 9.23 Å². The Hall–Kier alpha value is -0.150. The monoisotopic (exact) mass is 246 g/mol. The normalized spacial score (nSPS) is 9.92. The second-order valence-corrected chi connectivity index (χ2v) is 4.30. The van der Waals surface area contributed by atoms with Crippen LogP contribution in [0.4, 0.5) is 0 Å². The molecule has 0 radical (unpaired) electrons. The highest BCUT2D eigenvalue weighted by Gasteiger charge is 2.04. The van der Waals surface area contributed by atoms with Gasteiger partial charge in [-0.25, -0.2) is 0 Å². The van der Waals surface area contributed by atoms with Gasteiger partial charge >= 0.3 is 0 Å². The number of benzene rings is 1. The lowest BCUT2D eigenvalue weighted by Gasteiger charge is -2.06. The number of halogens is 1. The van der Waals surface area contributed by atoms with Gasteiger partial charge < -0.3 is 4.74 Å². The van der Waals surface area contributed by atoms with Gasteiger partial charge in [0.1, 0.15) is 5.75 Å². The van der Waals surface area contributed by atoms with Gasteiger partial charge in [0.05, 0.1) is 11.6 Å². The van der Waals surface area contributed by atoms with Crippen LogP contribution >= 0.6 is 27.7 Å². The maximum Gasteiger partial charge on any atom is 0.134 e. The van der Waals surface area contributed by atoms with Gasteiger partial charge in [0, 0.05) is 4.90 Å². The van der Waals surface area contributed by atoms with Crippen molar-refractivity contribution in [1.29, 1.82) is 0 Å². The minimum Gasteiger partial charge on any atom is -0.496 e. The lowest BCUT2D eigenvalue weighted by molar-refractivity contribution is 0.411. The average molecular weight is 247 g/mol. The summed E-state index contributed by atoms with van der Waals surface area (Å²) in [5, 5.41) is 0. The molecule has 1 nitrogen and oxygen atoms in total. The van der Waals surface area contributed by atoms with E-state index in [-0.39, 0.29) is 0 Å². The van der Waals surface area contributed by atoms with Crippen molar-refractivity contribution < 1.29 is 4.74 Å². The molecule has 0 saturated carbocycles. The molecule has 0 aromatic heterocycles. The van der Waals surface area contributed by atoms with Crippen molar-refractivity contribution in [3.05, 3.63) is 22.7 Å². The van der Waals surface area contributed by atoms with Crippen molar-refractivity contribution in [1.82, 2.24) is 0 Å². The fourth-order valence-electron chi connectivity index (χ4n) is 0.915. The van der Waals surface area contributed by atoms with Crippen molar-refractivity contribution in [3.63, 3.8) is 0 Å². The summed E-state index contributed by atoms with van der Waals surface area (Å²) in [6, 6.07) is 6.03. The highest BCUT2D eigenvalue weighted by molar-refractivity contribution is 9.10. The number of methoxy groups -OCH3 is 1. The van der Waals surface area contributed by atoms with Crippen molar-refractivity contribution in [3.8, 4) is 5.75 Å². The Kier molecular flexibility index (Phi) is 3.95. The number of thioether (sulfide) groups is 1. The average Bonchev–Trinajstić information content (AvgIpc) is 2.09. The molecule has 0 unspecified atom stereocenters. The first-order valence-corrected chi connectivity index (χ1v) is 5.52. The third-order valence-electron chi connectivity index (χ3n) is 1.45. The standard InChI is InChI=1S/C9H11BrOS/c1-3-12-8-6-4-5-7(11-2)9(8)10/h4-6H,3H2,1-2H3. The zero-order chi connectivity index (χ0) is 8.97. The summed E-state index contributed by atoms with van der Waals surface area (Å²) in [5.74, 6) is 1.97. The van der Waals surface area contributed by atoms with Crippen LogP contribution in [0.5, 0.6) is 5.75 Å². The molecule has 0 aliphatic carbocycles. The zero-order valence-electron chi connectivity index (χ0n) is 7.13. The molecule has 0 fully saturated rings. The first-order chi connectivity index (χ1) is 5.79. The Labute approximate surface area is 85.6 Å². The van der Waals surface area contributed by atoms with E-state index in [1.807, 2.05) is 12.1 Å². The van der Waals surface area contributed by atoms with Crippen LogP contribution in [0.15, 0.2) is 27.6 Å². The van der Waals surface area contributed by atoms with Gasteiger partial charge in [-0.1, -0.05) is 13.0 Å². The van der Waals surface area contributed by atoms with E-state index >= 15 is 0 Å². The Morgan fingerprint density at radius 2 is 2.25 bits per heavy atom. The molecule has 0 aliphatic rings. The van der Waals surface area contributed by atoms with Crippen molar-refractivity contribution >= 4 is 27.7 Å². The maximum absolute atomic E-state index is 5.17. The highest BCUT2D eigenvalue weighted by atomic mass is 79.9. The summed E-state index contributed by atoms with van der Waals surface area (Å²) in [4.78, 5) is 1.23. The fraction of sp³-hybridized carbons (Fsp3) is 0.333. The molecular formula is C9H11BrOS. The summed E-state index contributed by atoms with van der Waals surface area (Å²) in [5.41, 5.74) is 0. The van der Waals surface area contributed by atoms with Crippen LogP contribution in [0.25, 0.3) is 0 Å². The highest BCUT2D eigenvalue weighted by Crippen LogP contribution is 2.34. The molecule has 0 saturated heterocycles. The van der Waals surface area contributed by atoms with E-state index in [2.05, 4.69) is 28.9 Å². The van der Waals surface area contributed by atoms with Crippen LogP contribution in [0.1, 0.15) is 6.92 Å². The first-order valence-electron chi connectivity index (χ1n) is 3.75.